The van der Waals surface area contributed by atoms with Gasteiger partial charge in [0, 0.05) is 5.56 Å². The van der Waals surface area contributed by atoms with Crippen molar-refractivity contribution in [2.75, 3.05) is 13.2 Å². The maximum absolute atomic E-state index is 10.7. The minimum Gasteiger partial charge on any atom is -0.476 e. The van der Waals surface area contributed by atoms with Crippen LogP contribution < -0.4 is 0 Å². The minimum atomic E-state index is -0.396. The van der Waals surface area contributed by atoms with E-state index in [2.05, 4.69) is 9.98 Å². The van der Waals surface area contributed by atoms with Gasteiger partial charge in [-0.2, -0.15) is 4.99 Å². The summed E-state index contributed by atoms with van der Waals surface area (Å²) in [5.41, 5.74) is 1.61. The summed E-state index contributed by atoms with van der Waals surface area (Å²) in [4.78, 5) is 19.1. The highest BCUT2D eigenvalue weighted by molar-refractivity contribution is 5.96. The fourth-order valence-corrected chi connectivity index (χ4v) is 2.61. The molecule has 4 nitrogen and oxygen atoms in total. The van der Waals surface area contributed by atoms with Gasteiger partial charge in [-0.05, 0) is 30.9 Å². The first kappa shape index (κ1) is 11.2. The number of rotatable bonds is 3. The van der Waals surface area contributed by atoms with E-state index < -0.39 is 5.54 Å². The van der Waals surface area contributed by atoms with Crippen molar-refractivity contribution in [1.82, 2.24) is 0 Å². The lowest BCUT2D eigenvalue weighted by Crippen LogP contribution is -2.33. The Bertz CT molecular complexity index is 540. The molecule has 1 aromatic rings. The lowest BCUT2D eigenvalue weighted by Gasteiger charge is -2.38. The Labute approximate surface area is 105 Å². The summed E-state index contributed by atoms with van der Waals surface area (Å²) in [5, 5.41) is 0. The summed E-state index contributed by atoms with van der Waals surface area (Å²) in [5.74, 6) is 0.679. The van der Waals surface area contributed by atoms with Crippen LogP contribution in [0.15, 0.2) is 34.3 Å². The molecule has 3 rings (SSSR count). The molecular weight excluding hydrogens is 228 g/mol. The summed E-state index contributed by atoms with van der Waals surface area (Å²) in [6, 6.07) is 7.92. The van der Waals surface area contributed by atoms with E-state index in [1.807, 2.05) is 24.3 Å². The summed E-state index contributed by atoms with van der Waals surface area (Å²) < 4.78 is 5.53. The van der Waals surface area contributed by atoms with Crippen LogP contribution in [-0.4, -0.2) is 25.1 Å². The molecule has 0 N–H and O–H groups in total. The molecule has 18 heavy (non-hydrogen) atoms. The minimum absolute atomic E-state index is 0.396. The molecule has 0 bridgehead atoms. The molecule has 1 saturated carbocycles. The number of hydrogen-bond donors (Lipinski definition) is 0. The van der Waals surface area contributed by atoms with Gasteiger partial charge in [-0.15, -0.1) is 0 Å². The number of hydrogen-bond acceptors (Lipinski definition) is 4. The summed E-state index contributed by atoms with van der Waals surface area (Å²) in [7, 11) is 0. The van der Waals surface area contributed by atoms with Crippen LogP contribution >= 0.6 is 0 Å². The molecule has 0 amide bonds. The third-order valence-electron chi connectivity index (χ3n) is 3.68. The summed E-state index contributed by atoms with van der Waals surface area (Å²) in [6.45, 7) is 1.33. The SMILES string of the molecule is O=C=NC1(c2ccccc2C2=NCCO2)CCC1. The monoisotopic (exact) mass is 242 g/mol. The lowest BCUT2D eigenvalue weighted by molar-refractivity contribution is 0.254. The Hall–Kier alpha value is -1.93. The second kappa shape index (κ2) is 4.39. The Kier molecular flexibility index (Phi) is 2.73. The number of aliphatic imine (C=N–C) groups is 2. The van der Waals surface area contributed by atoms with Crippen molar-refractivity contribution < 1.29 is 9.53 Å². The molecule has 2 aliphatic rings. The Balaban J connectivity index is 2.08. The average molecular weight is 242 g/mol. The van der Waals surface area contributed by atoms with Crippen molar-refractivity contribution in [3.05, 3.63) is 35.4 Å². The zero-order chi connectivity index (χ0) is 12.4. The van der Waals surface area contributed by atoms with E-state index in [0.717, 1.165) is 30.4 Å². The van der Waals surface area contributed by atoms with Gasteiger partial charge in [0.1, 0.15) is 6.61 Å². The topological polar surface area (TPSA) is 51.0 Å². The predicted octanol–water partition coefficient (Wildman–Crippen LogP) is 2.18. The van der Waals surface area contributed by atoms with Crippen molar-refractivity contribution in [3.8, 4) is 0 Å². The Morgan fingerprint density at radius 3 is 2.78 bits per heavy atom. The highest BCUT2D eigenvalue weighted by atomic mass is 16.5. The van der Waals surface area contributed by atoms with E-state index in [1.165, 1.54) is 0 Å². The summed E-state index contributed by atoms with van der Waals surface area (Å²) >= 11 is 0. The van der Waals surface area contributed by atoms with E-state index in [-0.39, 0.29) is 0 Å². The van der Waals surface area contributed by atoms with Crippen molar-refractivity contribution >= 4 is 12.0 Å². The molecular formula is C14H14N2O2. The van der Waals surface area contributed by atoms with E-state index in [0.29, 0.717) is 19.0 Å². The number of ether oxygens (including phenoxy) is 1. The molecule has 1 aliphatic carbocycles. The molecule has 0 radical (unpaired) electrons. The van der Waals surface area contributed by atoms with Crippen LogP contribution in [0.25, 0.3) is 0 Å². The van der Waals surface area contributed by atoms with Gasteiger partial charge in [-0.25, -0.2) is 9.79 Å². The van der Waals surface area contributed by atoms with Crippen LogP contribution in [0, 0.1) is 0 Å². The van der Waals surface area contributed by atoms with Crippen LogP contribution in [0.1, 0.15) is 30.4 Å². The smallest absolute Gasteiger partial charge is 0.235 e. The second-order valence-corrected chi connectivity index (χ2v) is 4.67. The molecule has 92 valence electrons. The quantitative estimate of drug-likeness (QED) is 0.602. The third kappa shape index (κ3) is 1.66. The number of isocyanates is 1. The fraction of sp³-hybridized carbons (Fsp3) is 0.429. The van der Waals surface area contributed by atoms with E-state index in [1.54, 1.807) is 6.08 Å². The van der Waals surface area contributed by atoms with Gasteiger partial charge in [-0.1, -0.05) is 18.2 Å². The lowest BCUT2D eigenvalue weighted by atomic mass is 9.71. The van der Waals surface area contributed by atoms with Gasteiger partial charge >= 0.3 is 0 Å². The van der Waals surface area contributed by atoms with Crippen LogP contribution in [0.3, 0.4) is 0 Å². The van der Waals surface area contributed by atoms with Crippen molar-refractivity contribution in [2.45, 2.75) is 24.8 Å². The van der Waals surface area contributed by atoms with Gasteiger partial charge in [0.05, 0.1) is 12.1 Å². The van der Waals surface area contributed by atoms with Crippen LogP contribution in [0.4, 0.5) is 0 Å². The molecule has 1 aromatic carbocycles. The van der Waals surface area contributed by atoms with Gasteiger partial charge in [0.25, 0.3) is 0 Å². The first-order valence-electron chi connectivity index (χ1n) is 6.22. The Morgan fingerprint density at radius 1 is 1.33 bits per heavy atom. The van der Waals surface area contributed by atoms with Gasteiger partial charge in [0.2, 0.25) is 12.0 Å². The highest BCUT2D eigenvalue weighted by Gasteiger charge is 2.41. The molecule has 1 fully saturated rings. The zero-order valence-electron chi connectivity index (χ0n) is 10.1. The maximum Gasteiger partial charge on any atom is 0.235 e. The largest absolute Gasteiger partial charge is 0.476 e. The number of benzene rings is 1. The molecule has 0 aromatic heterocycles. The predicted molar refractivity (Wildman–Crippen MR) is 67.4 cm³/mol. The molecule has 4 heteroatoms. The van der Waals surface area contributed by atoms with Crippen molar-refractivity contribution in [1.29, 1.82) is 0 Å². The molecule has 0 unspecified atom stereocenters. The van der Waals surface area contributed by atoms with E-state index >= 15 is 0 Å². The second-order valence-electron chi connectivity index (χ2n) is 4.67. The first-order chi connectivity index (χ1) is 8.86. The van der Waals surface area contributed by atoms with Crippen LogP contribution in [-0.2, 0) is 15.1 Å². The molecule has 1 heterocycles. The molecule has 0 spiro atoms. The van der Waals surface area contributed by atoms with E-state index in [9.17, 15) is 4.79 Å². The number of carbonyl (C=O) groups excluding carboxylic acids is 1. The molecule has 1 aliphatic heterocycles. The van der Waals surface area contributed by atoms with Gasteiger partial charge in [0.15, 0.2) is 0 Å². The standard InChI is InChI=1S/C14H14N2O2/c17-10-16-14(6-3-7-14)12-5-2-1-4-11(12)13-15-8-9-18-13/h1-2,4-5H,3,6-9H2. The molecule has 0 saturated heterocycles. The Morgan fingerprint density at radius 2 is 2.17 bits per heavy atom. The van der Waals surface area contributed by atoms with Crippen molar-refractivity contribution in [2.24, 2.45) is 9.98 Å². The van der Waals surface area contributed by atoms with Crippen LogP contribution in [0.5, 0.6) is 0 Å². The van der Waals surface area contributed by atoms with Crippen molar-refractivity contribution in [3.63, 3.8) is 0 Å². The highest BCUT2D eigenvalue weighted by Crippen LogP contribution is 2.46. The van der Waals surface area contributed by atoms with Gasteiger partial charge < -0.3 is 4.74 Å². The average Bonchev–Trinajstić information content (AvgIpc) is 2.88. The first-order valence-corrected chi connectivity index (χ1v) is 6.22. The number of nitrogens with zero attached hydrogens (tertiary/aromatic N) is 2. The normalized spacial score (nSPS) is 20.3. The van der Waals surface area contributed by atoms with Crippen LogP contribution in [0.2, 0.25) is 0 Å². The van der Waals surface area contributed by atoms with Gasteiger partial charge in [-0.3, -0.25) is 0 Å². The summed E-state index contributed by atoms with van der Waals surface area (Å²) in [6.07, 6.45) is 4.60. The zero-order valence-corrected chi connectivity index (χ0v) is 10.1. The fourth-order valence-electron chi connectivity index (χ4n) is 2.61. The molecule has 0 atom stereocenters. The van der Waals surface area contributed by atoms with E-state index in [4.69, 9.17) is 4.74 Å². The maximum atomic E-state index is 10.7. The third-order valence-corrected chi connectivity index (χ3v) is 3.68.